The standard InChI is InChI=1S/C10H16N2O/c1-3-7(2)9(11)10(13)8-4-5-12-6-8/h4-7,9,12H,3,11H2,1-2H3/t7-,9+/m1/s1. The summed E-state index contributed by atoms with van der Waals surface area (Å²) in [6, 6.07) is 1.38. The van der Waals surface area contributed by atoms with E-state index < -0.39 is 0 Å². The fraction of sp³-hybridized carbons (Fsp3) is 0.500. The van der Waals surface area contributed by atoms with Gasteiger partial charge in [-0.1, -0.05) is 20.3 Å². The van der Waals surface area contributed by atoms with E-state index in [2.05, 4.69) is 4.98 Å². The molecule has 72 valence electrons. The Kier molecular flexibility index (Phi) is 3.25. The molecule has 0 saturated carbocycles. The predicted octanol–water partition coefficient (Wildman–Crippen LogP) is 1.57. The molecule has 0 aliphatic heterocycles. The summed E-state index contributed by atoms with van der Waals surface area (Å²) in [4.78, 5) is 14.5. The molecule has 1 heterocycles. The molecule has 0 saturated heterocycles. The molecule has 13 heavy (non-hydrogen) atoms. The van der Waals surface area contributed by atoms with Gasteiger partial charge in [0.05, 0.1) is 6.04 Å². The minimum atomic E-state index is -0.374. The highest BCUT2D eigenvalue weighted by Crippen LogP contribution is 2.11. The molecule has 0 amide bonds. The highest BCUT2D eigenvalue weighted by Gasteiger charge is 2.20. The zero-order valence-corrected chi connectivity index (χ0v) is 8.08. The summed E-state index contributed by atoms with van der Waals surface area (Å²) in [6.07, 6.45) is 4.35. The summed E-state index contributed by atoms with van der Waals surface area (Å²) >= 11 is 0. The maximum atomic E-state index is 11.7. The number of hydrogen-bond donors (Lipinski definition) is 2. The van der Waals surface area contributed by atoms with Crippen LogP contribution in [-0.4, -0.2) is 16.8 Å². The Hall–Kier alpha value is -1.09. The van der Waals surface area contributed by atoms with Crippen LogP contribution < -0.4 is 5.73 Å². The van der Waals surface area contributed by atoms with Crippen molar-refractivity contribution in [3.8, 4) is 0 Å². The third kappa shape index (κ3) is 2.18. The van der Waals surface area contributed by atoms with Gasteiger partial charge in [0, 0.05) is 18.0 Å². The summed E-state index contributed by atoms with van der Waals surface area (Å²) in [6.45, 7) is 4.03. The molecular formula is C10H16N2O. The Balaban J connectivity index is 2.68. The second-order valence-electron chi connectivity index (χ2n) is 3.38. The number of ketones is 1. The number of rotatable bonds is 4. The van der Waals surface area contributed by atoms with Gasteiger partial charge in [0.25, 0.3) is 0 Å². The van der Waals surface area contributed by atoms with Crippen LogP contribution in [0.1, 0.15) is 30.6 Å². The van der Waals surface area contributed by atoms with Gasteiger partial charge in [0.1, 0.15) is 0 Å². The number of nitrogens with one attached hydrogen (secondary N) is 1. The largest absolute Gasteiger partial charge is 0.367 e. The number of hydrogen-bond acceptors (Lipinski definition) is 2. The van der Waals surface area contributed by atoms with Crippen molar-refractivity contribution in [2.45, 2.75) is 26.3 Å². The average Bonchev–Trinajstić information content (AvgIpc) is 2.67. The van der Waals surface area contributed by atoms with Gasteiger partial charge >= 0.3 is 0 Å². The first-order valence-electron chi connectivity index (χ1n) is 4.59. The molecule has 0 aliphatic rings. The number of aromatic amines is 1. The van der Waals surface area contributed by atoms with Gasteiger partial charge in [0.2, 0.25) is 0 Å². The number of carbonyl (C=O) groups excluding carboxylic acids is 1. The van der Waals surface area contributed by atoms with Gasteiger partial charge in [-0.15, -0.1) is 0 Å². The van der Waals surface area contributed by atoms with E-state index in [1.165, 1.54) is 0 Å². The van der Waals surface area contributed by atoms with Crippen LogP contribution in [0.15, 0.2) is 18.5 Å². The molecule has 1 rings (SSSR count). The lowest BCUT2D eigenvalue weighted by atomic mass is 9.94. The lowest BCUT2D eigenvalue weighted by molar-refractivity contribution is 0.0935. The second-order valence-corrected chi connectivity index (χ2v) is 3.38. The molecule has 0 aromatic carbocycles. The fourth-order valence-electron chi connectivity index (χ4n) is 1.18. The van der Waals surface area contributed by atoms with Gasteiger partial charge in [-0.3, -0.25) is 4.79 Å². The van der Waals surface area contributed by atoms with Gasteiger partial charge in [0.15, 0.2) is 5.78 Å². The zero-order valence-electron chi connectivity index (χ0n) is 8.08. The van der Waals surface area contributed by atoms with Gasteiger partial charge in [-0.05, 0) is 12.0 Å². The molecule has 0 spiro atoms. The Bertz CT molecular complexity index is 266. The molecular weight excluding hydrogens is 164 g/mol. The monoisotopic (exact) mass is 180 g/mol. The molecule has 0 fully saturated rings. The number of aromatic nitrogens is 1. The van der Waals surface area contributed by atoms with Gasteiger partial charge in [-0.25, -0.2) is 0 Å². The highest BCUT2D eigenvalue weighted by atomic mass is 16.1. The van der Waals surface area contributed by atoms with Crippen LogP contribution in [0.25, 0.3) is 0 Å². The highest BCUT2D eigenvalue weighted by molar-refractivity contribution is 5.99. The van der Waals surface area contributed by atoms with E-state index in [0.717, 1.165) is 6.42 Å². The third-order valence-electron chi connectivity index (χ3n) is 2.44. The van der Waals surface area contributed by atoms with Crippen molar-refractivity contribution in [1.29, 1.82) is 0 Å². The van der Waals surface area contributed by atoms with E-state index in [4.69, 9.17) is 5.73 Å². The average molecular weight is 180 g/mol. The van der Waals surface area contributed by atoms with E-state index in [9.17, 15) is 4.79 Å². The SMILES string of the molecule is CC[C@@H](C)[C@H](N)C(=O)c1cc[nH]c1. The topological polar surface area (TPSA) is 58.9 Å². The van der Waals surface area contributed by atoms with E-state index in [1.54, 1.807) is 18.5 Å². The minimum absolute atomic E-state index is 0.0237. The summed E-state index contributed by atoms with van der Waals surface area (Å²) < 4.78 is 0. The van der Waals surface area contributed by atoms with E-state index in [0.29, 0.717) is 5.56 Å². The fourth-order valence-corrected chi connectivity index (χ4v) is 1.18. The minimum Gasteiger partial charge on any atom is -0.367 e. The van der Waals surface area contributed by atoms with Crippen LogP contribution in [0.2, 0.25) is 0 Å². The van der Waals surface area contributed by atoms with Crippen molar-refractivity contribution in [2.75, 3.05) is 0 Å². The van der Waals surface area contributed by atoms with E-state index in [-0.39, 0.29) is 17.7 Å². The van der Waals surface area contributed by atoms with E-state index >= 15 is 0 Å². The summed E-state index contributed by atoms with van der Waals surface area (Å²) in [5.41, 5.74) is 6.47. The van der Waals surface area contributed by atoms with Gasteiger partial charge in [-0.2, -0.15) is 0 Å². The normalized spacial score (nSPS) is 15.3. The molecule has 1 aromatic rings. The van der Waals surface area contributed by atoms with Crippen LogP contribution >= 0.6 is 0 Å². The smallest absolute Gasteiger partial charge is 0.181 e. The van der Waals surface area contributed by atoms with Crippen molar-refractivity contribution >= 4 is 5.78 Å². The number of carbonyl (C=O) groups is 1. The molecule has 3 heteroatoms. The third-order valence-corrected chi connectivity index (χ3v) is 2.44. The van der Waals surface area contributed by atoms with E-state index in [1.807, 2.05) is 13.8 Å². The first kappa shape index (κ1) is 9.99. The molecule has 3 N–H and O–H groups in total. The molecule has 2 atom stereocenters. The second kappa shape index (κ2) is 4.23. The maximum absolute atomic E-state index is 11.7. The first-order chi connectivity index (χ1) is 6.16. The lowest BCUT2D eigenvalue weighted by Gasteiger charge is -2.15. The zero-order chi connectivity index (χ0) is 9.84. The van der Waals surface area contributed by atoms with Crippen LogP contribution in [0, 0.1) is 5.92 Å². The van der Waals surface area contributed by atoms with Crippen molar-refractivity contribution < 1.29 is 4.79 Å². The molecule has 0 bridgehead atoms. The number of H-pyrrole nitrogens is 1. The molecule has 1 aromatic heterocycles. The van der Waals surface area contributed by atoms with Crippen LogP contribution in [-0.2, 0) is 0 Å². The quantitative estimate of drug-likeness (QED) is 0.691. The first-order valence-corrected chi connectivity index (χ1v) is 4.59. The lowest BCUT2D eigenvalue weighted by Crippen LogP contribution is -2.36. The Morgan fingerprint density at radius 1 is 1.69 bits per heavy atom. The maximum Gasteiger partial charge on any atom is 0.181 e. The van der Waals surface area contributed by atoms with Gasteiger partial charge < -0.3 is 10.7 Å². The Morgan fingerprint density at radius 3 is 2.85 bits per heavy atom. The van der Waals surface area contributed by atoms with Crippen molar-refractivity contribution in [2.24, 2.45) is 11.7 Å². The summed E-state index contributed by atoms with van der Waals surface area (Å²) in [7, 11) is 0. The molecule has 0 radical (unpaired) electrons. The van der Waals surface area contributed by atoms with Crippen LogP contribution in [0.4, 0.5) is 0 Å². The van der Waals surface area contributed by atoms with Crippen molar-refractivity contribution in [3.05, 3.63) is 24.0 Å². The Labute approximate surface area is 78.3 Å². The molecule has 3 nitrogen and oxygen atoms in total. The van der Waals surface area contributed by atoms with Crippen molar-refractivity contribution in [1.82, 2.24) is 4.98 Å². The number of Topliss-reactive ketones (excluding diaryl/α,β-unsaturated/α-hetero) is 1. The Morgan fingerprint density at radius 2 is 2.38 bits per heavy atom. The predicted molar refractivity (Wildman–Crippen MR) is 52.6 cm³/mol. The molecule has 0 unspecified atom stereocenters. The van der Waals surface area contributed by atoms with Crippen molar-refractivity contribution in [3.63, 3.8) is 0 Å². The van der Waals surface area contributed by atoms with Crippen LogP contribution in [0.3, 0.4) is 0 Å². The number of nitrogens with two attached hydrogens (primary N) is 1. The molecule has 0 aliphatic carbocycles. The summed E-state index contributed by atoms with van der Waals surface area (Å²) in [5, 5.41) is 0. The summed E-state index contributed by atoms with van der Waals surface area (Å²) in [5.74, 6) is 0.262. The van der Waals surface area contributed by atoms with Crippen LogP contribution in [0.5, 0.6) is 0 Å².